The van der Waals surface area contributed by atoms with Gasteiger partial charge in [0.15, 0.2) is 17.1 Å². The number of nitrogens with zero attached hydrogens (tertiary/aromatic N) is 2. The Labute approximate surface area is 131 Å². The first kappa shape index (κ1) is 13.6. The number of para-hydroxylation sites is 1. The second kappa shape index (κ2) is 5.60. The SMILES string of the molecule is O=C(NCc1[nH]nc2ncccc12)c1cccc2c1OCCO2. The summed E-state index contributed by atoms with van der Waals surface area (Å²) in [6, 6.07) is 9.03. The molecule has 7 heteroatoms. The highest BCUT2D eigenvalue weighted by atomic mass is 16.6. The van der Waals surface area contributed by atoms with E-state index in [1.165, 1.54) is 0 Å². The van der Waals surface area contributed by atoms with Crippen molar-refractivity contribution in [2.45, 2.75) is 6.54 Å². The van der Waals surface area contributed by atoms with Gasteiger partial charge in [0, 0.05) is 11.6 Å². The number of hydrogen-bond acceptors (Lipinski definition) is 5. The minimum atomic E-state index is -0.223. The molecule has 0 saturated heterocycles. The maximum atomic E-state index is 12.5. The van der Waals surface area contributed by atoms with Crippen LogP contribution in [0.3, 0.4) is 0 Å². The van der Waals surface area contributed by atoms with Crippen LogP contribution in [0.15, 0.2) is 36.5 Å². The monoisotopic (exact) mass is 310 g/mol. The van der Waals surface area contributed by atoms with Gasteiger partial charge in [-0.25, -0.2) is 4.98 Å². The molecule has 1 aliphatic rings. The zero-order chi connectivity index (χ0) is 15.6. The van der Waals surface area contributed by atoms with Crippen LogP contribution in [-0.2, 0) is 6.54 Å². The van der Waals surface area contributed by atoms with Gasteiger partial charge in [0.1, 0.15) is 13.2 Å². The second-order valence-corrected chi connectivity index (χ2v) is 5.09. The Hall–Kier alpha value is -3.09. The molecule has 116 valence electrons. The number of rotatable bonds is 3. The number of H-pyrrole nitrogens is 1. The lowest BCUT2D eigenvalue weighted by atomic mass is 10.1. The molecule has 2 N–H and O–H groups in total. The summed E-state index contributed by atoms with van der Waals surface area (Å²) in [5.74, 6) is 0.867. The molecule has 3 heterocycles. The summed E-state index contributed by atoms with van der Waals surface area (Å²) in [6.07, 6.45) is 1.68. The van der Waals surface area contributed by atoms with Crippen LogP contribution in [-0.4, -0.2) is 34.3 Å². The lowest BCUT2D eigenvalue weighted by Crippen LogP contribution is -2.25. The normalized spacial score (nSPS) is 13.0. The smallest absolute Gasteiger partial charge is 0.255 e. The number of fused-ring (bicyclic) bond motifs is 2. The fourth-order valence-electron chi connectivity index (χ4n) is 2.55. The van der Waals surface area contributed by atoms with Gasteiger partial charge in [0.2, 0.25) is 0 Å². The van der Waals surface area contributed by atoms with Crippen molar-refractivity contribution in [3.05, 3.63) is 47.8 Å². The number of aromatic nitrogens is 3. The molecule has 23 heavy (non-hydrogen) atoms. The van der Waals surface area contributed by atoms with E-state index in [4.69, 9.17) is 9.47 Å². The van der Waals surface area contributed by atoms with Crippen molar-refractivity contribution in [3.8, 4) is 11.5 Å². The van der Waals surface area contributed by atoms with Crippen LogP contribution in [0.1, 0.15) is 16.1 Å². The quantitative estimate of drug-likeness (QED) is 0.768. The molecule has 1 amide bonds. The van der Waals surface area contributed by atoms with E-state index in [-0.39, 0.29) is 5.91 Å². The summed E-state index contributed by atoms with van der Waals surface area (Å²) in [4.78, 5) is 16.6. The number of carbonyl (C=O) groups is 1. The predicted molar refractivity (Wildman–Crippen MR) is 82.5 cm³/mol. The maximum Gasteiger partial charge on any atom is 0.255 e. The molecule has 7 nitrogen and oxygen atoms in total. The summed E-state index contributed by atoms with van der Waals surface area (Å²) in [7, 11) is 0. The van der Waals surface area contributed by atoms with E-state index in [0.717, 1.165) is 11.1 Å². The summed E-state index contributed by atoms with van der Waals surface area (Å²) >= 11 is 0. The van der Waals surface area contributed by atoms with E-state index < -0.39 is 0 Å². The molecule has 0 fully saturated rings. The number of hydrogen-bond donors (Lipinski definition) is 2. The molecule has 0 unspecified atom stereocenters. The van der Waals surface area contributed by atoms with Crippen LogP contribution in [0.5, 0.6) is 11.5 Å². The van der Waals surface area contributed by atoms with Crippen molar-refractivity contribution in [2.24, 2.45) is 0 Å². The van der Waals surface area contributed by atoms with Crippen LogP contribution < -0.4 is 14.8 Å². The zero-order valence-corrected chi connectivity index (χ0v) is 12.2. The van der Waals surface area contributed by atoms with Gasteiger partial charge < -0.3 is 14.8 Å². The van der Waals surface area contributed by atoms with Crippen molar-refractivity contribution in [2.75, 3.05) is 13.2 Å². The third-order valence-electron chi connectivity index (χ3n) is 3.65. The van der Waals surface area contributed by atoms with Crippen LogP contribution in [0.2, 0.25) is 0 Å². The maximum absolute atomic E-state index is 12.5. The molecule has 1 aromatic carbocycles. The van der Waals surface area contributed by atoms with E-state index in [2.05, 4.69) is 20.5 Å². The highest BCUT2D eigenvalue weighted by Gasteiger charge is 2.20. The number of pyridine rings is 1. The van der Waals surface area contributed by atoms with E-state index in [1.54, 1.807) is 24.4 Å². The Morgan fingerprint density at radius 1 is 1.22 bits per heavy atom. The third-order valence-corrected chi connectivity index (χ3v) is 3.65. The van der Waals surface area contributed by atoms with Gasteiger partial charge in [-0.15, -0.1) is 0 Å². The van der Waals surface area contributed by atoms with Gasteiger partial charge in [-0.05, 0) is 24.3 Å². The standard InChI is InChI=1S/C16H14N4O3/c21-16(11-3-1-5-13-14(11)23-8-7-22-13)18-9-12-10-4-2-6-17-15(10)20-19-12/h1-6H,7-9H2,(H,18,21)(H,17,19,20). The van der Waals surface area contributed by atoms with Gasteiger partial charge in [-0.2, -0.15) is 5.10 Å². The average molecular weight is 310 g/mol. The lowest BCUT2D eigenvalue weighted by Gasteiger charge is -2.20. The lowest BCUT2D eigenvalue weighted by molar-refractivity contribution is 0.0939. The molecule has 0 radical (unpaired) electrons. The third kappa shape index (κ3) is 2.46. The molecule has 3 aromatic rings. The Morgan fingerprint density at radius 2 is 2.13 bits per heavy atom. The van der Waals surface area contributed by atoms with E-state index >= 15 is 0 Å². The first-order chi connectivity index (χ1) is 11.3. The molecule has 2 aromatic heterocycles. The van der Waals surface area contributed by atoms with Crippen molar-refractivity contribution in [3.63, 3.8) is 0 Å². The Kier molecular flexibility index (Phi) is 3.30. The fraction of sp³-hybridized carbons (Fsp3) is 0.188. The fourth-order valence-corrected chi connectivity index (χ4v) is 2.55. The number of benzene rings is 1. The van der Waals surface area contributed by atoms with E-state index in [0.29, 0.717) is 42.5 Å². The Bertz CT molecular complexity index is 875. The molecular formula is C16H14N4O3. The Morgan fingerprint density at radius 3 is 3.09 bits per heavy atom. The second-order valence-electron chi connectivity index (χ2n) is 5.09. The minimum absolute atomic E-state index is 0.223. The number of amides is 1. The number of nitrogens with one attached hydrogen (secondary N) is 2. The summed E-state index contributed by atoms with van der Waals surface area (Å²) in [5, 5.41) is 10.8. The molecule has 1 aliphatic heterocycles. The van der Waals surface area contributed by atoms with Crippen molar-refractivity contribution in [1.29, 1.82) is 0 Å². The molecule has 0 atom stereocenters. The molecule has 0 spiro atoms. The topological polar surface area (TPSA) is 89.1 Å². The van der Waals surface area contributed by atoms with Crippen LogP contribution in [0.4, 0.5) is 0 Å². The highest BCUT2D eigenvalue weighted by molar-refractivity contribution is 5.98. The highest BCUT2D eigenvalue weighted by Crippen LogP contribution is 2.33. The molecule has 0 saturated carbocycles. The van der Waals surface area contributed by atoms with Crippen LogP contribution in [0, 0.1) is 0 Å². The van der Waals surface area contributed by atoms with Gasteiger partial charge in [-0.1, -0.05) is 6.07 Å². The minimum Gasteiger partial charge on any atom is -0.486 e. The van der Waals surface area contributed by atoms with Crippen LogP contribution >= 0.6 is 0 Å². The predicted octanol–water partition coefficient (Wildman–Crippen LogP) is 1.66. The number of ether oxygens (including phenoxy) is 2. The summed E-state index contributed by atoms with van der Waals surface area (Å²) < 4.78 is 11.1. The number of aromatic amines is 1. The van der Waals surface area contributed by atoms with Crippen molar-refractivity contribution in [1.82, 2.24) is 20.5 Å². The molecule has 4 rings (SSSR count). The first-order valence-electron chi connectivity index (χ1n) is 7.28. The van der Waals surface area contributed by atoms with E-state index in [1.807, 2.05) is 12.1 Å². The summed E-state index contributed by atoms with van der Waals surface area (Å²) in [5.41, 5.74) is 1.90. The van der Waals surface area contributed by atoms with Gasteiger partial charge in [0.25, 0.3) is 5.91 Å². The first-order valence-corrected chi connectivity index (χ1v) is 7.28. The van der Waals surface area contributed by atoms with Crippen molar-refractivity contribution < 1.29 is 14.3 Å². The van der Waals surface area contributed by atoms with Gasteiger partial charge in [0.05, 0.1) is 17.8 Å². The van der Waals surface area contributed by atoms with Crippen LogP contribution in [0.25, 0.3) is 11.0 Å². The number of carbonyl (C=O) groups excluding carboxylic acids is 1. The van der Waals surface area contributed by atoms with Crippen molar-refractivity contribution >= 4 is 16.9 Å². The largest absolute Gasteiger partial charge is 0.486 e. The zero-order valence-electron chi connectivity index (χ0n) is 12.2. The Balaban J connectivity index is 1.55. The molecule has 0 bridgehead atoms. The molecule has 0 aliphatic carbocycles. The van der Waals surface area contributed by atoms with Gasteiger partial charge >= 0.3 is 0 Å². The van der Waals surface area contributed by atoms with E-state index in [9.17, 15) is 4.79 Å². The van der Waals surface area contributed by atoms with Gasteiger partial charge in [-0.3, -0.25) is 9.89 Å². The average Bonchev–Trinajstić information content (AvgIpc) is 3.02. The molecular weight excluding hydrogens is 296 g/mol. The summed E-state index contributed by atoms with van der Waals surface area (Å²) in [6.45, 7) is 1.25.